The third-order valence-corrected chi connectivity index (χ3v) is 4.11. The fraction of sp³-hybridized carbons (Fsp3) is 0.316. The predicted molar refractivity (Wildman–Crippen MR) is 107 cm³/mol. The van der Waals surface area contributed by atoms with Gasteiger partial charge in [-0.2, -0.15) is 4.98 Å². The molecular formula is C19H22Cl2N3O4+. The molecular weight excluding hydrogens is 405 g/mol. The molecule has 2 rings (SSSR count). The van der Waals surface area contributed by atoms with E-state index in [-0.39, 0.29) is 34.2 Å². The van der Waals surface area contributed by atoms with Gasteiger partial charge in [0.25, 0.3) is 5.82 Å². The molecule has 1 aromatic carbocycles. The lowest BCUT2D eigenvalue weighted by Crippen LogP contribution is -2.84. The average molecular weight is 427 g/mol. The summed E-state index contributed by atoms with van der Waals surface area (Å²) in [5.41, 5.74) is -0.480. The molecule has 0 aliphatic heterocycles. The fourth-order valence-corrected chi connectivity index (χ4v) is 2.45. The smallest absolute Gasteiger partial charge is 0.354 e. The van der Waals surface area contributed by atoms with Crippen molar-refractivity contribution >= 4 is 40.8 Å². The van der Waals surface area contributed by atoms with Crippen molar-refractivity contribution in [2.45, 2.75) is 20.8 Å². The monoisotopic (exact) mass is 426 g/mol. The summed E-state index contributed by atoms with van der Waals surface area (Å²) in [5.74, 6) is 0.815. The normalized spacial score (nSPS) is 11.1. The summed E-state index contributed by atoms with van der Waals surface area (Å²) in [6.45, 7) is 5.17. The second-order valence-corrected chi connectivity index (χ2v) is 7.69. The zero-order chi connectivity index (χ0) is 20.9. The van der Waals surface area contributed by atoms with Crippen molar-refractivity contribution in [3.05, 3.63) is 40.4 Å². The molecule has 0 radical (unpaired) electrons. The van der Waals surface area contributed by atoms with Crippen molar-refractivity contribution in [1.29, 1.82) is 5.41 Å². The van der Waals surface area contributed by atoms with Gasteiger partial charge in [0.05, 0.1) is 7.11 Å². The van der Waals surface area contributed by atoms with Gasteiger partial charge < -0.3 is 14.2 Å². The molecule has 28 heavy (non-hydrogen) atoms. The van der Waals surface area contributed by atoms with Crippen LogP contribution in [0, 0.1) is 10.8 Å². The van der Waals surface area contributed by atoms with E-state index in [0.29, 0.717) is 11.5 Å². The van der Waals surface area contributed by atoms with Crippen LogP contribution in [0.3, 0.4) is 0 Å². The van der Waals surface area contributed by atoms with Gasteiger partial charge in [-0.25, -0.2) is 10.1 Å². The highest BCUT2D eigenvalue weighted by Gasteiger charge is 2.23. The van der Waals surface area contributed by atoms with Crippen molar-refractivity contribution in [3.63, 3.8) is 0 Å². The van der Waals surface area contributed by atoms with Gasteiger partial charge in [0.15, 0.2) is 17.4 Å². The lowest BCUT2D eigenvalue weighted by Gasteiger charge is -2.18. The van der Waals surface area contributed by atoms with E-state index in [4.69, 9.17) is 42.8 Å². The molecule has 0 aliphatic rings. The molecule has 0 unspecified atom stereocenters. The van der Waals surface area contributed by atoms with Crippen LogP contribution in [0.1, 0.15) is 20.8 Å². The molecule has 0 aliphatic carbocycles. The summed E-state index contributed by atoms with van der Waals surface area (Å²) in [4.78, 5) is 16.4. The predicted octanol–water partition coefficient (Wildman–Crippen LogP) is 3.95. The van der Waals surface area contributed by atoms with E-state index in [9.17, 15) is 4.79 Å². The first-order valence-corrected chi connectivity index (χ1v) is 9.13. The molecule has 1 aromatic heterocycles. The van der Waals surface area contributed by atoms with Gasteiger partial charge in [-0.3, -0.25) is 5.41 Å². The van der Waals surface area contributed by atoms with Crippen LogP contribution in [-0.2, 0) is 9.53 Å². The Morgan fingerprint density at radius 2 is 1.82 bits per heavy atom. The minimum absolute atomic E-state index is 0.0182. The number of nitrogens with two attached hydrogens (primary N) is 1. The van der Waals surface area contributed by atoms with Crippen LogP contribution in [0.2, 0.25) is 10.0 Å². The van der Waals surface area contributed by atoms with E-state index in [1.165, 1.54) is 18.5 Å². The minimum Gasteiger partial charge on any atom is -0.493 e. The molecule has 150 valence electrons. The summed E-state index contributed by atoms with van der Waals surface area (Å²) in [5, 5.41) is 9.41. The Kier molecular flexibility index (Phi) is 7.23. The standard InChI is InChI=1S/C19H21Cl2N3O4/c1-19(2,3)18(22)27-10-15(25)23-16-11(20)9-12(21)17(24-16)28-14-8-6-5-7-13(14)26-4/h5-9,22H,10H2,1-4H3,(H,23,24,25)/p+1. The lowest BCUT2D eigenvalue weighted by atomic mass is 9.97. The van der Waals surface area contributed by atoms with Crippen LogP contribution < -0.4 is 14.8 Å². The van der Waals surface area contributed by atoms with Gasteiger partial charge in [-0.1, -0.05) is 56.1 Å². The molecule has 0 saturated carbocycles. The first-order valence-electron chi connectivity index (χ1n) is 8.38. The summed E-state index contributed by atoms with van der Waals surface area (Å²) >= 11 is 12.3. The van der Waals surface area contributed by atoms with Gasteiger partial charge in [0.1, 0.15) is 10.0 Å². The lowest BCUT2D eigenvalue weighted by molar-refractivity contribution is -0.488. The van der Waals surface area contributed by atoms with Crippen molar-refractivity contribution in [1.82, 2.24) is 4.98 Å². The molecule has 1 amide bonds. The number of methoxy groups -OCH3 is 1. The van der Waals surface area contributed by atoms with Gasteiger partial charge in [0, 0.05) is 5.41 Å². The van der Waals surface area contributed by atoms with Crippen LogP contribution in [-0.4, -0.2) is 30.5 Å². The average Bonchev–Trinajstić information content (AvgIpc) is 2.63. The molecule has 0 fully saturated rings. The highest BCUT2D eigenvalue weighted by molar-refractivity contribution is 6.36. The Bertz CT molecular complexity index is 882. The second-order valence-electron chi connectivity index (χ2n) is 6.87. The number of hydrogen-bond acceptors (Lipinski definition) is 6. The number of benzene rings is 1. The molecule has 9 heteroatoms. The Morgan fingerprint density at radius 3 is 2.43 bits per heavy atom. The molecule has 1 heterocycles. The Labute approximate surface area is 173 Å². The largest absolute Gasteiger partial charge is 0.493 e. The number of rotatable bonds is 6. The van der Waals surface area contributed by atoms with Crippen molar-refractivity contribution in [2.24, 2.45) is 5.41 Å². The first-order chi connectivity index (χ1) is 13.1. The van der Waals surface area contributed by atoms with E-state index >= 15 is 0 Å². The van der Waals surface area contributed by atoms with E-state index in [0.717, 1.165) is 0 Å². The number of aromatic nitrogens is 1. The van der Waals surface area contributed by atoms with Gasteiger partial charge in [0.2, 0.25) is 12.5 Å². The number of amides is 1. The van der Waals surface area contributed by atoms with Crippen molar-refractivity contribution in [2.75, 3.05) is 13.7 Å². The number of quaternary nitrogens is 1. The summed E-state index contributed by atoms with van der Waals surface area (Å²) < 4.78 is 16.2. The van der Waals surface area contributed by atoms with Crippen LogP contribution in [0.5, 0.6) is 17.4 Å². The topological polar surface area (TPSA) is 98.1 Å². The number of nitrogens with zero attached hydrogens (tertiary/aromatic N) is 1. The van der Waals surface area contributed by atoms with Crippen LogP contribution in [0.15, 0.2) is 30.3 Å². The van der Waals surface area contributed by atoms with E-state index in [1.807, 2.05) is 20.8 Å². The third kappa shape index (κ3) is 5.82. The molecule has 7 nitrogen and oxygen atoms in total. The second kappa shape index (κ2) is 9.23. The Morgan fingerprint density at radius 1 is 1.18 bits per heavy atom. The SMILES string of the molecule is COc1ccccc1Oc1nc([NH2+]C(=O)COC(=N)C(C)(C)C)c(Cl)cc1Cl. The Hall–Kier alpha value is -2.35. The third-order valence-electron chi connectivity index (χ3n) is 3.54. The van der Waals surface area contributed by atoms with Crippen molar-refractivity contribution in [3.8, 4) is 17.4 Å². The highest BCUT2D eigenvalue weighted by Crippen LogP contribution is 2.35. The van der Waals surface area contributed by atoms with Gasteiger partial charge >= 0.3 is 5.91 Å². The molecule has 2 aromatic rings. The Balaban J connectivity index is 2.14. The van der Waals surface area contributed by atoms with Crippen LogP contribution in [0.25, 0.3) is 0 Å². The highest BCUT2D eigenvalue weighted by atomic mass is 35.5. The van der Waals surface area contributed by atoms with E-state index < -0.39 is 11.3 Å². The number of ether oxygens (including phenoxy) is 3. The molecule has 0 spiro atoms. The number of nitrogens with one attached hydrogen (secondary N) is 1. The summed E-state index contributed by atoms with van der Waals surface area (Å²) in [6.07, 6.45) is 0. The van der Waals surface area contributed by atoms with Crippen LogP contribution in [0.4, 0.5) is 5.82 Å². The van der Waals surface area contributed by atoms with Crippen molar-refractivity contribution < 1.29 is 24.3 Å². The van der Waals surface area contributed by atoms with Crippen LogP contribution >= 0.6 is 23.2 Å². The zero-order valence-corrected chi connectivity index (χ0v) is 17.5. The molecule has 0 bridgehead atoms. The number of para-hydroxylation sites is 2. The summed E-state index contributed by atoms with van der Waals surface area (Å²) in [6, 6.07) is 8.45. The summed E-state index contributed by atoms with van der Waals surface area (Å²) in [7, 11) is 1.52. The zero-order valence-electron chi connectivity index (χ0n) is 16.0. The minimum atomic E-state index is -0.480. The first kappa shape index (κ1) is 21.9. The number of primary amides is 1. The number of pyridine rings is 1. The maximum atomic E-state index is 12.2. The number of carbonyl (C=O) groups is 1. The maximum absolute atomic E-state index is 12.2. The molecule has 0 saturated heterocycles. The van der Waals surface area contributed by atoms with E-state index in [1.54, 1.807) is 24.3 Å². The maximum Gasteiger partial charge on any atom is 0.354 e. The molecule has 0 atom stereocenters. The number of carbonyl (C=O) groups excluding carboxylic acids is 1. The van der Waals surface area contributed by atoms with Gasteiger partial charge in [-0.05, 0) is 18.2 Å². The molecule has 3 N–H and O–H groups in total. The number of hydrogen-bond donors (Lipinski definition) is 2. The fourth-order valence-electron chi connectivity index (χ4n) is 2.00. The number of halogens is 2. The quantitative estimate of drug-likeness (QED) is 0.538. The van der Waals surface area contributed by atoms with E-state index in [2.05, 4.69) is 4.98 Å². The van der Waals surface area contributed by atoms with Gasteiger partial charge in [-0.15, -0.1) is 0 Å².